The van der Waals surface area contributed by atoms with Gasteiger partial charge in [0, 0.05) is 34.3 Å². The van der Waals surface area contributed by atoms with Crippen LogP contribution in [0.15, 0.2) is 30.4 Å². The lowest BCUT2D eigenvalue weighted by atomic mass is 9.95. The summed E-state index contributed by atoms with van der Waals surface area (Å²) in [7, 11) is 0. The Labute approximate surface area is 183 Å². The highest BCUT2D eigenvalue weighted by atomic mass is 35.5. The summed E-state index contributed by atoms with van der Waals surface area (Å²) in [5.41, 5.74) is 5.41. The van der Waals surface area contributed by atoms with Crippen molar-refractivity contribution in [1.29, 1.82) is 0 Å². The summed E-state index contributed by atoms with van der Waals surface area (Å²) in [6.45, 7) is 6.16. The van der Waals surface area contributed by atoms with Crippen LogP contribution in [0.5, 0.6) is 0 Å². The van der Waals surface area contributed by atoms with Gasteiger partial charge >= 0.3 is 6.03 Å². The molecular formula is C24H31ClN4O. The maximum atomic E-state index is 12.4. The van der Waals surface area contributed by atoms with Gasteiger partial charge < -0.3 is 10.6 Å². The molecule has 2 amide bonds. The lowest BCUT2D eigenvalue weighted by Gasteiger charge is -2.24. The predicted octanol–water partition coefficient (Wildman–Crippen LogP) is 5.49. The van der Waals surface area contributed by atoms with E-state index < -0.39 is 0 Å². The molecule has 160 valence electrons. The topological polar surface area (TPSA) is 59.0 Å². The Morgan fingerprint density at radius 3 is 2.60 bits per heavy atom. The molecule has 2 aromatic rings. The average Bonchev–Trinajstić information content (AvgIpc) is 3.28. The van der Waals surface area contributed by atoms with Crippen molar-refractivity contribution in [1.82, 2.24) is 20.4 Å². The van der Waals surface area contributed by atoms with Gasteiger partial charge in [0.2, 0.25) is 0 Å². The highest BCUT2D eigenvalue weighted by Gasteiger charge is 2.27. The quantitative estimate of drug-likeness (QED) is 0.634. The first-order chi connectivity index (χ1) is 14.4. The number of allylic oxidation sites excluding steroid dienone is 1. The molecule has 0 spiro atoms. The van der Waals surface area contributed by atoms with Crippen LogP contribution in [0.4, 0.5) is 4.79 Å². The lowest BCUT2D eigenvalue weighted by Crippen LogP contribution is -2.46. The normalized spacial score (nSPS) is 21.7. The van der Waals surface area contributed by atoms with Crippen molar-refractivity contribution in [3.05, 3.63) is 57.9 Å². The Bertz CT molecular complexity index is 958. The molecule has 1 heterocycles. The van der Waals surface area contributed by atoms with Gasteiger partial charge in [0.05, 0.1) is 11.4 Å². The molecule has 5 nitrogen and oxygen atoms in total. The van der Waals surface area contributed by atoms with Crippen molar-refractivity contribution in [2.75, 3.05) is 0 Å². The minimum Gasteiger partial charge on any atom is -0.335 e. The number of nitrogens with one attached hydrogen (secondary N) is 2. The summed E-state index contributed by atoms with van der Waals surface area (Å²) in [5.74, 6) is 0.250. The predicted molar refractivity (Wildman–Crippen MR) is 122 cm³/mol. The third-order valence-corrected chi connectivity index (χ3v) is 6.87. The van der Waals surface area contributed by atoms with Gasteiger partial charge in [0.15, 0.2) is 0 Å². The molecule has 2 atom stereocenters. The Morgan fingerprint density at radius 1 is 1.10 bits per heavy atom. The second kappa shape index (κ2) is 8.84. The van der Waals surface area contributed by atoms with E-state index in [4.69, 9.17) is 16.7 Å². The van der Waals surface area contributed by atoms with Crippen LogP contribution in [0.3, 0.4) is 0 Å². The fourth-order valence-corrected chi connectivity index (χ4v) is 4.99. The van der Waals surface area contributed by atoms with Crippen LogP contribution < -0.4 is 10.6 Å². The fraction of sp³-hybridized carbons (Fsp3) is 0.500. The van der Waals surface area contributed by atoms with Crippen LogP contribution in [0.25, 0.3) is 5.69 Å². The van der Waals surface area contributed by atoms with E-state index in [1.807, 2.05) is 23.7 Å². The summed E-state index contributed by atoms with van der Waals surface area (Å²) in [6, 6.07) is 6.36. The van der Waals surface area contributed by atoms with E-state index in [0.29, 0.717) is 6.04 Å². The number of carbonyl (C=O) groups is 1. The van der Waals surface area contributed by atoms with E-state index in [2.05, 4.69) is 42.7 Å². The molecule has 0 aliphatic heterocycles. The van der Waals surface area contributed by atoms with Crippen LogP contribution in [-0.4, -0.2) is 27.9 Å². The third kappa shape index (κ3) is 4.41. The Balaban J connectivity index is 1.43. The molecule has 0 bridgehead atoms. The van der Waals surface area contributed by atoms with Crippen LogP contribution in [-0.2, 0) is 0 Å². The fourth-order valence-electron chi connectivity index (χ4n) is 4.82. The molecule has 4 rings (SSSR count). The first-order valence-corrected chi connectivity index (χ1v) is 11.4. The van der Waals surface area contributed by atoms with Crippen molar-refractivity contribution in [2.24, 2.45) is 0 Å². The molecule has 1 aromatic heterocycles. The number of aromatic nitrogens is 2. The molecule has 1 fully saturated rings. The van der Waals surface area contributed by atoms with Gasteiger partial charge in [-0.05, 0) is 57.7 Å². The lowest BCUT2D eigenvalue weighted by molar-refractivity contribution is 0.230. The van der Waals surface area contributed by atoms with E-state index in [1.54, 1.807) is 0 Å². The van der Waals surface area contributed by atoms with Gasteiger partial charge in [-0.1, -0.05) is 49.1 Å². The zero-order chi connectivity index (χ0) is 21.3. The van der Waals surface area contributed by atoms with Crippen LogP contribution in [0, 0.1) is 20.8 Å². The number of halogens is 1. The second-order valence-electron chi connectivity index (χ2n) is 8.72. The minimum atomic E-state index is -0.0457. The van der Waals surface area contributed by atoms with Gasteiger partial charge in [0.25, 0.3) is 0 Å². The van der Waals surface area contributed by atoms with E-state index in [1.165, 1.54) is 24.8 Å². The molecule has 2 aliphatic carbocycles. The molecule has 1 saturated carbocycles. The molecule has 30 heavy (non-hydrogen) atoms. The van der Waals surface area contributed by atoms with Crippen LogP contribution in [0.1, 0.15) is 67.0 Å². The van der Waals surface area contributed by atoms with Gasteiger partial charge in [-0.15, -0.1) is 0 Å². The van der Waals surface area contributed by atoms with Gasteiger partial charge in [-0.3, -0.25) is 0 Å². The maximum Gasteiger partial charge on any atom is 0.315 e. The second-order valence-corrected chi connectivity index (χ2v) is 9.12. The van der Waals surface area contributed by atoms with Gasteiger partial charge in [-0.25, -0.2) is 9.48 Å². The molecule has 2 N–H and O–H groups in total. The number of amides is 2. The van der Waals surface area contributed by atoms with E-state index in [9.17, 15) is 4.79 Å². The van der Waals surface area contributed by atoms with Crippen LogP contribution >= 0.6 is 11.6 Å². The summed E-state index contributed by atoms with van der Waals surface area (Å²) < 4.78 is 1.97. The van der Waals surface area contributed by atoms with Crippen molar-refractivity contribution >= 4 is 17.6 Å². The molecule has 0 unspecified atom stereocenters. The average molecular weight is 427 g/mol. The first-order valence-electron chi connectivity index (χ1n) is 11.0. The van der Waals surface area contributed by atoms with Crippen LogP contribution in [0.2, 0.25) is 5.02 Å². The molecule has 2 aliphatic rings. The molecule has 6 heteroatoms. The molecule has 0 radical (unpaired) electrons. The number of aryl methyl sites for hydroxylation is 2. The number of nitrogens with zero attached hydrogens (tertiary/aromatic N) is 2. The van der Waals surface area contributed by atoms with Crippen molar-refractivity contribution in [3.63, 3.8) is 0 Å². The Hall–Kier alpha value is -2.27. The van der Waals surface area contributed by atoms with Gasteiger partial charge in [0.1, 0.15) is 0 Å². The Kier molecular flexibility index (Phi) is 6.19. The Morgan fingerprint density at radius 2 is 1.87 bits per heavy atom. The zero-order valence-electron chi connectivity index (χ0n) is 18.0. The number of hydrogen-bond acceptors (Lipinski definition) is 2. The van der Waals surface area contributed by atoms with Crippen molar-refractivity contribution in [2.45, 2.75) is 77.3 Å². The highest BCUT2D eigenvalue weighted by Crippen LogP contribution is 2.34. The van der Waals surface area contributed by atoms with Gasteiger partial charge in [-0.2, -0.15) is 5.10 Å². The summed E-state index contributed by atoms with van der Waals surface area (Å²) in [6.07, 6.45) is 11.1. The molecule has 0 saturated heterocycles. The SMILES string of the molecule is Cc1ccc(-n2nc(C)c([C@@H]3C=C[C@@H](NC(=O)NC4CCCCC4)C3)c2C)cc1Cl. The third-order valence-electron chi connectivity index (χ3n) is 6.46. The number of carbonyl (C=O) groups excluding carboxylic acids is 1. The number of urea groups is 1. The van der Waals surface area contributed by atoms with E-state index in [-0.39, 0.29) is 18.0 Å². The minimum absolute atomic E-state index is 0.0457. The molecule has 1 aromatic carbocycles. The van der Waals surface area contributed by atoms with E-state index in [0.717, 1.165) is 46.9 Å². The summed E-state index contributed by atoms with van der Waals surface area (Å²) >= 11 is 6.33. The largest absolute Gasteiger partial charge is 0.335 e. The van der Waals surface area contributed by atoms with Crippen molar-refractivity contribution < 1.29 is 4.79 Å². The molecular weight excluding hydrogens is 396 g/mol. The summed E-state index contributed by atoms with van der Waals surface area (Å²) in [5, 5.41) is 11.8. The number of rotatable bonds is 4. The standard InChI is InChI=1S/C24H31ClN4O/c1-15-9-12-21(14-22(15)25)29-17(3)23(16(2)28-29)18-10-11-20(13-18)27-24(30)26-19-7-5-4-6-8-19/h9-12,14,18-20H,4-8,13H2,1-3H3,(H2,26,27,30)/t18-,20-/m1/s1. The van der Waals surface area contributed by atoms with E-state index >= 15 is 0 Å². The highest BCUT2D eigenvalue weighted by molar-refractivity contribution is 6.31. The first kappa shape index (κ1) is 21.0. The van der Waals surface area contributed by atoms with Crippen molar-refractivity contribution in [3.8, 4) is 5.69 Å². The zero-order valence-corrected chi connectivity index (χ0v) is 18.8. The monoisotopic (exact) mass is 426 g/mol. The maximum absolute atomic E-state index is 12.4. The summed E-state index contributed by atoms with van der Waals surface area (Å²) in [4.78, 5) is 12.4. The smallest absolute Gasteiger partial charge is 0.315 e. The number of benzene rings is 1. The number of hydrogen-bond donors (Lipinski definition) is 2.